The van der Waals surface area contributed by atoms with Crippen LogP contribution in [0.5, 0.6) is 0 Å². The van der Waals surface area contributed by atoms with Crippen molar-refractivity contribution >= 4 is 39.5 Å². The Hall–Kier alpha value is -2.57. The molecule has 0 aliphatic rings. The molecule has 3 aromatic carbocycles. The summed E-state index contributed by atoms with van der Waals surface area (Å²) >= 11 is 4.95. The molecule has 0 aromatic heterocycles. The molecule has 3 rings (SSSR count). The molecular weight excluding hydrogens is 484 g/mol. The van der Waals surface area contributed by atoms with Crippen molar-refractivity contribution in [1.82, 2.24) is 10.2 Å². The summed E-state index contributed by atoms with van der Waals surface area (Å²) in [6.07, 6.45) is 0.463. The number of amides is 2. The first-order valence-corrected chi connectivity index (χ1v) is 12.4. The molecule has 2 amide bonds. The molecule has 3 aromatic rings. The Balaban J connectivity index is 1.87. The second-order valence-electron chi connectivity index (χ2n) is 7.35. The van der Waals surface area contributed by atoms with Crippen molar-refractivity contribution < 1.29 is 9.59 Å². The number of hydrogen-bond donors (Lipinski definition) is 1. The van der Waals surface area contributed by atoms with Gasteiger partial charge in [0.1, 0.15) is 6.04 Å². The van der Waals surface area contributed by atoms with Crippen molar-refractivity contribution in [3.8, 4) is 0 Å². The minimum Gasteiger partial charge on any atom is -0.355 e. The number of benzene rings is 3. The van der Waals surface area contributed by atoms with Gasteiger partial charge < -0.3 is 10.2 Å². The highest BCUT2D eigenvalue weighted by Crippen LogP contribution is 2.21. The molecule has 166 valence electrons. The molecule has 4 nitrogen and oxygen atoms in total. The number of carbonyl (C=O) groups is 2. The molecule has 32 heavy (non-hydrogen) atoms. The number of carbonyl (C=O) groups excluding carboxylic acids is 2. The normalized spacial score (nSPS) is 11.6. The first-order chi connectivity index (χ1) is 15.6. The fourth-order valence-electron chi connectivity index (χ4n) is 3.38. The molecule has 0 spiro atoms. The van der Waals surface area contributed by atoms with Crippen LogP contribution in [0.25, 0.3) is 0 Å². The van der Waals surface area contributed by atoms with Crippen molar-refractivity contribution in [2.45, 2.75) is 30.8 Å². The summed E-state index contributed by atoms with van der Waals surface area (Å²) in [5, 5.41) is 2.92. The maximum atomic E-state index is 13.4. The maximum absolute atomic E-state index is 13.4. The van der Waals surface area contributed by atoms with Gasteiger partial charge in [0.25, 0.3) is 0 Å². The molecule has 0 aliphatic heterocycles. The zero-order valence-electron chi connectivity index (χ0n) is 18.0. The van der Waals surface area contributed by atoms with Gasteiger partial charge in [0.15, 0.2) is 0 Å². The van der Waals surface area contributed by atoms with Crippen LogP contribution in [0.15, 0.2) is 94.3 Å². The lowest BCUT2D eigenvalue weighted by Crippen LogP contribution is -2.51. The number of hydrogen-bond acceptors (Lipinski definition) is 3. The quantitative estimate of drug-likeness (QED) is 0.375. The number of halogens is 1. The van der Waals surface area contributed by atoms with E-state index in [-0.39, 0.29) is 17.6 Å². The average molecular weight is 511 g/mol. The van der Waals surface area contributed by atoms with Crippen LogP contribution in [0, 0.1) is 0 Å². The number of nitrogens with zero attached hydrogens (tertiary/aromatic N) is 1. The minimum absolute atomic E-state index is 0.0612. The molecule has 0 fully saturated rings. The predicted octanol–water partition coefficient (Wildman–Crippen LogP) is 5.32. The molecular formula is C26H27BrN2O2S. The molecule has 0 heterocycles. The van der Waals surface area contributed by atoms with Crippen LogP contribution in [-0.2, 0) is 22.6 Å². The number of likely N-dealkylation sites (N-methyl/N-ethyl adjacent to an activating group) is 1. The summed E-state index contributed by atoms with van der Waals surface area (Å²) in [6.45, 7) is 2.78. The van der Waals surface area contributed by atoms with Crippen LogP contribution in [0.3, 0.4) is 0 Å². The van der Waals surface area contributed by atoms with E-state index in [1.165, 1.54) is 11.8 Å². The van der Waals surface area contributed by atoms with Gasteiger partial charge in [-0.3, -0.25) is 9.59 Å². The molecule has 0 aliphatic carbocycles. The van der Waals surface area contributed by atoms with Crippen molar-refractivity contribution in [3.63, 3.8) is 0 Å². The molecule has 0 radical (unpaired) electrons. The van der Waals surface area contributed by atoms with Crippen LogP contribution < -0.4 is 5.32 Å². The zero-order valence-corrected chi connectivity index (χ0v) is 20.4. The van der Waals surface area contributed by atoms with E-state index < -0.39 is 6.04 Å². The highest BCUT2D eigenvalue weighted by Gasteiger charge is 2.30. The Morgan fingerprint density at radius 1 is 0.906 bits per heavy atom. The van der Waals surface area contributed by atoms with Gasteiger partial charge in [-0.15, -0.1) is 11.8 Å². The van der Waals surface area contributed by atoms with E-state index in [1.807, 2.05) is 91.9 Å². The lowest BCUT2D eigenvalue weighted by molar-refractivity contribution is -0.139. The van der Waals surface area contributed by atoms with E-state index in [4.69, 9.17) is 0 Å². The van der Waals surface area contributed by atoms with Crippen LogP contribution in [0.2, 0.25) is 0 Å². The molecule has 1 unspecified atom stereocenters. The van der Waals surface area contributed by atoms with Crippen LogP contribution in [-0.4, -0.2) is 35.1 Å². The average Bonchev–Trinajstić information content (AvgIpc) is 2.82. The summed E-state index contributed by atoms with van der Waals surface area (Å²) in [4.78, 5) is 29.3. The van der Waals surface area contributed by atoms with Gasteiger partial charge >= 0.3 is 0 Å². The maximum Gasteiger partial charge on any atom is 0.243 e. The third-order valence-corrected chi connectivity index (χ3v) is 6.52. The van der Waals surface area contributed by atoms with Gasteiger partial charge in [0.2, 0.25) is 11.8 Å². The van der Waals surface area contributed by atoms with Gasteiger partial charge in [-0.1, -0.05) is 76.6 Å². The van der Waals surface area contributed by atoms with Crippen molar-refractivity contribution in [2.75, 3.05) is 12.3 Å². The first kappa shape index (κ1) is 24.1. The smallest absolute Gasteiger partial charge is 0.243 e. The third kappa shape index (κ3) is 7.24. The van der Waals surface area contributed by atoms with Crippen molar-refractivity contribution in [1.29, 1.82) is 0 Å². The molecule has 0 bridgehead atoms. The zero-order chi connectivity index (χ0) is 22.8. The number of thioether (sulfide) groups is 1. The second kappa shape index (κ2) is 12.5. The Morgan fingerprint density at radius 3 is 2.16 bits per heavy atom. The van der Waals surface area contributed by atoms with Gasteiger partial charge in [0, 0.05) is 28.9 Å². The van der Waals surface area contributed by atoms with Gasteiger partial charge in [-0.2, -0.15) is 0 Å². The number of nitrogens with one attached hydrogen (secondary N) is 1. The van der Waals surface area contributed by atoms with Crippen LogP contribution >= 0.6 is 27.7 Å². The number of rotatable bonds is 10. The SMILES string of the molecule is CCNC(=O)C(Cc1ccccc1)N(Cc1ccc(Br)cc1)C(=O)CSc1ccccc1. The Kier molecular flexibility index (Phi) is 9.38. The summed E-state index contributed by atoms with van der Waals surface area (Å²) < 4.78 is 0.975. The monoisotopic (exact) mass is 510 g/mol. The first-order valence-electron chi connectivity index (χ1n) is 10.6. The van der Waals surface area contributed by atoms with E-state index in [0.29, 0.717) is 19.5 Å². The highest BCUT2D eigenvalue weighted by atomic mass is 79.9. The summed E-state index contributed by atoms with van der Waals surface area (Å²) in [5.41, 5.74) is 2.00. The fourth-order valence-corrected chi connectivity index (χ4v) is 4.45. The lowest BCUT2D eigenvalue weighted by atomic mass is 10.0. The van der Waals surface area contributed by atoms with E-state index in [0.717, 1.165) is 20.5 Å². The second-order valence-corrected chi connectivity index (χ2v) is 9.31. The lowest BCUT2D eigenvalue weighted by Gasteiger charge is -2.31. The molecule has 6 heteroatoms. The standard InChI is InChI=1S/C26H27BrN2O2S/c1-2-28-26(31)24(17-20-9-5-3-6-10-20)29(18-21-13-15-22(27)16-14-21)25(30)19-32-23-11-7-4-8-12-23/h3-16,24H,2,17-19H2,1H3,(H,28,31). The summed E-state index contributed by atoms with van der Waals surface area (Å²) in [7, 11) is 0. The minimum atomic E-state index is -0.593. The fraction of sp³-hybridized carbons (Fsp3) is 0.231. The van der Waals surface area contributed by atoms with Crippen molar-refractivity contribution in [3.05, 3.63) is 101 Å². The van der Waals surface area contributed by atoms with Gasteiger partial charge in [-0.25, -0.2) is 0 Å². The predicted molar refractivity (Wildman–Crippen MR) is 134 cm³/mol. The Morgan fingerprint density at radius 2 is 1.53 bits per heavy atom. The van der Waals surface area contributed by atoms with Gasteiger partial charge in [0.05, 0.1) is 5.75 Å². The summed E-state index contributed by atoms with van der Waals surface area (Å²) in [6, 6.07) is 27.0. The topological polar surface area (TPSA) is 49.4 Å². The van der Waals surface area contributed by atoms with Gasteiger partial charge in [-0.05, 0) is 42.3 Å². The largest absolute Gasteiger partial charge is 0.355 e. The Labute approximate surface area is 202 Å². The van der Waals surface area contributed by atoms with E-state index in [1.54, 1.807) is 4.90 Å². The van der Waals surface area contributed by atoms with Crippen LogP contribution in [0.1, 0.15) is 18.1 Å². The van der Waals surface area contributed by atoms with E-state index >= 15 is 0 Å². The highest BCUT2D eigenvalue weighted by molar-refractivity contribution is 9.10. The molecule has 1 atom stereocenters. The van der Waals surface area contributed by atoms with E-state index in [2.05, 4.69) is 21.2 Å². The molecule has 0 saturated carbocycles. The third-order valence-electron chi connectivity index (χ3n) is 4.99. The van der Waals surface area contributed by atoms with Crippen molar-refractivity contribution in [2.24, 2.45) is 0 Å². The Bertz CT molecular complexity index is 997. The van der Waals surface area contributed by atoms with Crippen LogP contribution in [0.4, 0.5) is 0 Å². The van der Waals surface area contributed by atoms with E-state index in [9.17, 15) is 9.59 Å². The summed E-state index contributed by atoms with van der Waals surface area (Å²) in [5.74, 6) is 0.0751. The molecule has 1 N–H and O–H groups in total. The molecule has 0 saturated heterocycles.